The second-order valence-corrected chi connectivity index (χ2v) is 4.79. The van der Waals surface area contributed by atoms with Gasteiger partial charge in [0, 0.05) is 10.2 Å². The molecule has 0 saturated heterocycles. The molecule has 1 N–H and O–H groups in total. The highest BCUT2D eigenvalue weighted by Crippen LogP contribution is 2.19. The number of fused-ring (bicyclic) bond motifs is 1. The van der Waals surface area contributed by atoms with Gasteiger partial charge in [0.05, 0.1) is 6.33 Å². The van der Waals surface area contributed by atoms with Gasteiger partial charge in [-0.2, -0.15) is 0 Å². The number of hydrogen-bond acceptors (Lipinski definition) is 3. The standard InChI is InChI=1S/C12H9BrN4O/c1-7-16-11-10(12(18)15-6-14-11)17(7)9-4-2-8(13)3-5-9/h2-6H,1H3,(H,14,15,18). The fraction of sp³-hybridized carbons (Fsp3) is 0.0833. The Morgan fingerprint density at radius 1 is 1.28 bits per heavy atom. The minimum Gasteiger partial charge on any atom is -0.311 e. The van der Waals surface area contributed by atoms with Crippen molar-refractivity contribution in [3.8, 4) is 5.69 Å². The van der Waals surface area contributed by atoms with Gasteiger partial charge in [-0.15, -0.1) is 0 Å². The van der Waals surface area contributed by atoms with Gasteiger partial charge in [-0.1, -0.05) is 15.9 Å². The Kier molecular flexibility index (Phi) is 2.52. The number of aromatic nitrogens is 4. The maximum absolute atomic E-state index is 11.9. The second kappa shape index (κ2) is 4.06. The summed E-state index contributed by atoms with van der Waals surface area (Å²) in [6, 6.07) is 7.69. The van der Waals surface area contributed by atoms with Crippen LogP contribution in [-0.2, 0) is 0 Å². The van der Waals surface area contributed by atoms with Crippen LogP contribution in [0.2, 0.25) is 0 Å². The van der Waals surface area contributed by atoms with Crippen molar-refractivity contribution in [3.63, 3.8) is 0 Å². The molecule has 6 heteroatoms. The third kappa shape index (κ3) is 1.65. The molecule has 18 heavy (non-hydrogen) atoms. The second-order valence-electron chi connectivity index (χ2n) is 3.87. The molecule has 5 nitrogen and oxygen atoms in total. The van der Waals surface area contributed by atoms with E-state index in [1.807, 2.05) is 31.2 Å². The SMILES string of the molecule is Cc1nc2nc[nH]c(=O)c2n1-c1ccc(Br)cc1. The summed E-state index contributed by atoms with van der Waals surface area (Å²) in [5, 5.41) is 0. The molecule has 0 saturated carbocycles. The Balaban J connectivity index is 2.38. The van der Waals surface area contributed by atoms with Crippen LogP contribution >= 0.6 is 15.9 Å². The molecule has 0 aliphatic heterocycles. The molecule has 2 aromatic heterocycles. The van der Waals surface area contributed by atoms with Crippen molar-refractivity contribution in [3.05, 3.63) is 51.2 Å². The number of aromatic amines is 1. The predicted octanol–water partition coefficient (Wildman–Crippen LogP) is 2.18. The molecule has 0 aliphatic rings. The molecule has 0 atom stereocenters. The Bertz CT molecular complexity index is 773. The molecule has 0 bridgehead atoms. The number of halogens is 1. The van der Waals surface area contributed by atoms with Crippen molar-refractivity contribution >= 4 is 27.1 Å². The van der Waals surface area contributed by atoms with E-state index in [1.165, 1.54) is 6.33 Å². The van der Waals surface area contributed by atoms with Crippen LogP contribution in [0, 0.1) is 6.92 Å². The van der Waals surface area contributed by atoms with Crippen molar-refractivity contribution in [2.45, 2.75) is 6.92 Å². The normalized spacial score (nSPS) is 11.0. The summed E-state index contributed by atoms with van der Waals surface area (Å²) in [6.45, 7) is 1.85. The molecule has 90 valence electrons. The molecule has 0 radical (unpaired) electrons. The summed E-state index contributed by atoms with van der Waals surface area (Å²) >= 11 is 3.39. The van der Waals surface area contributed by atoms with E-state index in [-0.39, 0.29) is 5.56 Å². The van der Waals surface area contributed by atoms with E-state index in [4.69, 9.17) is 0 Å². The van der Waals surface area contributed by atoms with E-state index in [1.54, 1.807) is 4.57 Å². The van der Waals surface area contributed by atoms with Crippen LogP contribution in [-0.4, -0.2) is 19.5 Å². The minimum atomic E-state index is -0.191. The molecule has 1 aromatic carbocycles. The Morgan fingerprint density at radius 3 is 2.72 bits per heavy atom. The zero-order chi connectivity index (χ0) is 12.7. The van der Waals surface area contributed by atoms with Gasteiger partial charge in [0.25, 0.3) is 5.56 Å². The van der Waals surface area contributed by atoms with E-state index in [0.717, 1.165) is 16.0 Å². The average Bonchev–Trinajstić information content (AvgIpc) is 2.68. The zero-order valence-electron chi connectivity index (χ0n) is 9.51. The number of nitrogens with zero attached hydrogens (tertiary/aromatic N) is 3. The smallest absolute Gasteiger partial charge is 0.277 e. The maximum atomic E-state index is 11.9. The summed E-state index contributed by atoms with van der Waals surface area (Å²) in [5.41, 5.74) is 1.62. The highest BCUT2D eigenvalue weighted by Gasteiger charge is 2.12. The van der Waals surface area contributed by atoms with Gasteiger partial charge in [0.1, 0.15) is 5.82 Å². The number of hydrogen-bond donors (Lipinski definition) is 1. The van der Waals surface area contributed by atoms with Gasteiger partial charge in [-0.25, -0.2) is 9.97 Å². The van der Waals surface area contributed by atoms with E-state index >= 15 is 0 Å². The van der Waals surface area contributed by atoms with Gasteiger partial charge in [0.2, 0.25) is 0 Å². The molecule has 0 amide bonds. The number of rotatable bonds is 1. The van der Waals surface area contributed by atoms with Gasteiger partial charge >= 0.3 is 0 Å². The third-order valence-corrected chi connectivity index (χ3v) is 3.24. The molecule has 3 aromatic rings. The van der Waals surface area contributed by atoms with E-state index in [0.29, 0.717) is 11.2 Å². The Labute approximate surface area is 111 Å². The lowest BCUT2D eigenvalue weighted by atomic mass is 10.3. The lowest BCUT2D eigenvalue weighted by Gasteiger charge is -2.05. The van der Waals surface area contributed by atoms with Crippen LogP contribution in [0.25, 0.3) is 16.9 Å². The average molecular weight is 305 g/mol. The fourth-order valence-electron chi connectivity index (χ4n) is 1.94. The first kappa shape index (κ1) is 11.2. The van der Waals surface area contributed by atoms with Crippen LogP contribution < -0.4 is 5.56 Å². The minimum absolute atomic E-state index is 0.191. The molecule has 3 rings (SSSR count). The van der Waals surface area contributed by atoms with Crippen LogP contribution in [0.3, 0.4) is 0 Å². The van der Waals surface area contributed by atoms with Crippen molar-refractivity contribution in [2.24, 2.45) is 0 Å². The van der Waals surface area contributed by atoms with Gasteiger partial charge in [0.15, 0.2) is 11.2 Å². The monoisotopic (exact) mass is 304 g/mol. The van der Waals surface area contributed by atoms with Gasteiger partial charge < -0.3 is 4.98 Å². The number of benzene rings is 1. The molecule has 0 fully saturated rings. The molecule has 2 heterocycles. The Morgan fingerprint density at radius 2 is 2.00 bits per heavy atom. The number of aryl methyl sites for hydroxylation is 1. The quantitative estimate of drug-likeness (QED) is 0.749. The van der Waals surface area contributed by atoms with Gasteiger partial charge in [-0.05, 0) is 31.2 Å². The molecule has 0 unspecified atom stereocenters. The van der Waals surface area contributed by atoms with Crippen molar-refractivity contribution in [2.75, 3.05) is 0 Å². The number of imidazole rings is 1. The van der Waals surface area contributed by atoms with E-state index < -0.39 is 0 Å². The fourth-order valence-corrected chi connectivity index (χ4v) is 2.20. The zero-order valence-corrected chi connectivity index (χ0v) is 11.1. The summed E-state index contributed by atoms with van der Waals surface area (Å²) in [5.74, 6) is 0.733. The molecule has 0 aliphatic carbocycles. The first-order valence-electron chi connectivity index (χ1n) is 5.35. The lowest BCUT2D eigenvalue weighted by Crippen LogP contribution is -2.10. The molecular weight excluding hydrogens is 296 g/mol. The van der Waals surface area contributed by atoms with Crippen molar-refractivity contribution in [1.82, 2.24) is 19.5 Å². The Hall–Kier alpha value is -1.95. The largest absolute Gasteiger partial charge is 0.311 e. The maximum Gasteiger partial charge on any atom is 0.277 e. The van der Waals surface area contributed by atoms with E-state index in [9.17, 15) is 4.79 Å². The highest BCUT2D eigenvalue weighted by atomic mass is 79.9. The molecule has 0 spiro atoms. The summed E-state index contributed by atoms with van der Waals surface area (Å²) in [6.07, 6.45) is 1.36. The topological polar surface area (TPSA) is 63.6 Å². The van der Waals surface area contributed by atoms with Crippen LogP contribution in [0.15, 0.2) is 39.9 Å². The first-order chi connectivity index (χ1) is 8.66. The predicted molar refractivity (Wildman–Crippen MR) is 71.9 cm³/mol. The van der Waals surface area contributed by atoms with Crippen LogP contribution in [0.1, 0.15) is 5.82 Å². The molecular formula is C12H9BrN4O. The summed E-state index contributed by atoms with van der Waals surface area (Å²) in [4.78, 5) is 22.8. The highest BCUT2D eigenvalue weighted by molar-refractivity contribution is 9.10. The van der Waals surface area contributed by atoms with Crippen LogP contribution in [0.4, 0.5) is 0 Å². The van der Waals surface area contributed by atoms with E-state index in [2.05, 4.69) is 30.9 Å². The van der Waals surface area contributed by atoms with Crippen LogP contribution in [0.5, 0.6) is 0 Å². The van der Waals surface area contributed by atoms with Crippen molar-refractivity contribution in [1.29, 1.82) is 0 Å². The lowest BCUT2D eigenvalue weighted by molar-refractivity contribution is 0.993. The third-order valence-electron chi connectivity index (χ3n) is 2.71. The summed E-state index contributed by atoms with van der Waals surface area (Å²) in [7, 11) is 0. The number of nitrogens with one attached hydrogen (secondary N) is 1. The summed E-state index contributed by atoms with van der Waals surface area (Å²) < 4.78 is 2.79. The van der Waals surface area contributed by atoms with Gasteiger partial charge in [-0.3, -0.25) is 9.36 Å². The van der Waals surface area contributed by atoms with Crippen molar-refractivity contribution < 1.29 is 0 Å². The first-order valence-corrected chi connectivity index (χ1v) is 6.15. The number of H-pyrrole nitrogens is 1.